The van der Waals surface area contributed by atoms with E-state index in [0.717, 1.165) is 22.4 Å². The molecule has 1 aliphatic heterocycles. The van der Waals surface area contributed by atoms with Crippen molar-refractivity contribution in [2.24, 2.45) is 0 Å². The normalized spacial score (nSPS) is 19.3. The minimum atomic E-state index is -0.863. The quantitative estimate of drug-likeness (QED) is 0.539. The van der Waals surface area contributed by atoms with Gasteiger partial charge in [-0.1, -0.05) is 36.4 Å². The van der Waals surface area contributed by atoms with Crippen LogP contribution in [0.4, 0.5) is 9.18 Å². The summed E-state index contributed by atoms with van der Waals surface area (Å²) in [6, 6.07) is 15.7. The summed E-state index contributed by atoms with van der Waals surface area (Å²) in [6.45, 7) is 4.33. The molecule has 1 aliphatic rings. The summed E-state index contributed by atoms with van der Waals surface area (Å²) in [7, 11) is 0. The first-order chi connectivity index (χ1) is 15.9. The summed E-state index contributed by atoms with van der Waals surface area (Å²) in [5, 5.41) is 9.36. The van der Waals surface area contributed by atoms with Gasteiger partial charge in [0.05, 0.1) is 11.7 Å². The van der Waals surface area contributed by atoms with Crippen molar-refractivity contribution in [1.29, 1.82) is 0 Å². The first-order valence-corrected chi connectivity index (χ1v) is 11.2. The van der Waals surface area contributed by atoms with Crippen molar-refractivity contribution >= 4 is 6.09 Å². The minimum Gasteiger partial charge on any atom is -0.438 e. The van der Waals surface area contributed by atoms with E-state index < -0.39 is 11.7 Å². The van der Waals surface area contributed by atoms with Crippen molar-refractivity contribution < 1.29 is 19.0 Å². The van der Waals surface area contributed by atoms with E-state index in [0.29, 0.717) is 31.6 Å². The Labute approximate surface area is 193 Å². The van der Waals surface area contributed by atoms with E-state index in [1.54, 1.807) is 23.2 Å². The number of aliphatic hydroxyl groups is 1. The molecule has 172 valence electrons. The van der Waals surface area contributed by atoms with Gasteiger partial charge >= 0.3 is 6.09 Å². The number of hydrogen-bond donors (Lipinski definition) is 1. The molecule has 33 heavy (non-hydrogen) atoms. The van der Waals surface area contributed by atoms with E-state index in [1.165, 1.54) is 12.1 Å². The van der Waals surface area contributed by atoms with E-state index >= 15 is 0 Å². The number of aromatic nitrogens is 2. The first kappa shape index (κ1) is 22.9. The van der Waals surface area contributed by atoms with E-state index in [2.05, 4.69) is 9.97 Å². The lowest BCUT2D eigenvalue weighted by molar-refractivity contribution is -0.0680. The number of carbonyl (C=O) groups excluding carboxylic acids is 1. The highest BCUT2D eigenvalue weighted by atomic mass is 19.1. The third-order valence-corrected chi connectivity index (χ3v) is 6.32. The van der Waals surface area contributed by atoms with Gasteiger partial charge in [-0.25, -0.2) is 19.2 Å². The van der Waals surface area contributed by atoms with Crippen LogP contribution in [-0.4, -0.2) is 39.2 Å². The zero-order chi connectivity index (χ0) is 23.4. The highest BCUT2D eigenvalue weighted by Crippen LogP contribution is 2.40. The average Bonchev–Trinajstić information content (AvgIpc) is 2.83. The Morgan fingerprint density at radius 2 is 1.88 bits per heavy atom. The molecule has 1 N–H and O–H groups in total. The van der Waals surface area contributed by atoms with Gasteiger partial charge in [-0.2, -0.15) is 0 Å². The van der Waals surface area contributed by atoms with Gasteiger partial charge in [-0.05, 0) is 56.0 Å². The van der Waals surface area contributed by atoms with Gasteiger partial charge < -0.3 is 14.7 Å². The largest absolute Gasteiger partial charge is 0.438 e. The van der Waals surface area contributed by atoms with Crippen LogP contribution in [0.5, 0.6) is 0 Å². The second-order valence-electron chi connectivity index (χ2n) is 8.43. The maximum Gasteiger partial charge on any atom is 0.411 e. The Morgan fingerprint density at radius 3 is 2.52 bits per heavy atom. The molecule has 1 amide bonds. The summed E-state index contributed by atoms with van der Waals surface area (Å²) in [5.41, 5.74) is 2.72. The molecule has 0 saturated carbocycles. The van der Waals surface area contributed by atoms with Crippen LogP contribution >= 0.6 is 0 Å². The average molecular weight is 450 g/mol. The van der Waals surface area contributed by atoms with Crippen molar-refractivity contribution in [1.82, 2.24) is 14.9 Å². The van der Waals surface area contributed by atoms with Crippen molar-refractivity contribution in [3.63, 3.8) is 0 Å². The van der Waals surface area contributed by atoms with E-state index in [-0.39, 0.29) is 18.5 Å². The molecule has 2 atom stereocenters. The summed E-state index contributed by atoms with van der Waals surface area (Å²) >= 11 is 0. The molecule has 2 heterocycles. The van der Waals surface area contributed by atoms with Gasteiger partial charge in [0, 0.05) is 31.3 Å². The van der Waals surface area contributed by atoms with Gasteiger partial charge in [0.25, 0.3) is 0 Å². The fourth-order valence-electron chi connectivity index (χ4n) is 4.39. The molecule has 3 aromatic rings. The smallest absolute Gasteiger partial charge is 0.411 e. The maximum atomic E-state index is 13.5. The van der Waals surface area contributed by atoms with Crippen LogP contribution in [0, 0.1) is 12.7 Å². The minimum absolute atomic E-state index is 0.00117. The topological polar surface area (TPSA) is 75.6 Å². The number of rotatable bonds is 7. The highest BCUT2D eigenvalue weighted by molar-refractivity contribution is 5.70. The second kappa shape index (κ2) is 9.67. The van der Waals surface area contributed by atoms with E-state index in [9.17, 15) is 14.3 Å². The number of hydrogen-bond acceptors (Lipinski definition) is 5. The van der Waals surface area contributed by atoms with Gasteiger partial charge in [0.1, 0.15) is 17.2 Å². The molecule has 0 radical (unpaired) electrons. The molecule has 1 fully saturated rings. The number of aryl methyl sites for hydroxylation is 1. The van der Waals surface area contributed by atoms with Crippen LogP contribution in [0.15, 0.2) is 60.8 Å². The van der Waals surface area contributed by atoms with Gasteiger partial charge in [-0.15, -0.1) is 0 Å². The highest BCUT2D eigenvalue weighted by Gasteiger charge is 2.43. The second-order valence-corrected chi connectivity index (χ2v) is 8.43. The van der Waals surface area contributed by atoms with Crippen LogP contribution in [-0.2, 0) is 10.3 Å². The fourth-order valence-corrected chi connectivity index (χ4v) is 4.39. The van der Waals surface area contributed by atoms with Crippen LogP contribution in [0.1, 0.15) is 49.2 Å². The number of nitrogens with zero attached hydrogens (tertiary/aromatic N) is 3. The zero-order valence-corrected chi connectivity index (χ0v) is 18.9. The number of ether oxygens (including phenoxy) is 1. The zero-order valence-electron chi connectivity index (χ0n) is 18.9. The molecule has 1 saturated heterocycles. The lowest BCUT2D eigenvalue weighted by atomic mass is 9.84. The molecular weight excluding hydrogens is 421 g/mol. The van der Waals surface area contributed by atoms with E-state index in [1.807, 2.05) is 44.2 Å². The predicted octanol–water partition coefficient (Wildman–Crippen LogP) is 5.16. The van der Waals surface area contributed by atoms with E-state index in [4.69, 9.17) is 4.74 Å². The van der Waals surface area contributed by atoms with Gasteiger partial charge in [-0.3, -0.25) is 0 Å². The van der Waals surface area contributed by atoms with Crippen molar-refractivity contribution in [2.45, 2.75) is 44.8 Å². The number of cyclic esters (lactones) is 1. The third-order valence-electron chi connectivity index (χ3n) is 6.32. The van der Waals surface area contributed by atoms with Gasteiger partial charge in [0.15, 0.2) is 0 Å². The number of aliphatic hydroxyl groups excluding tert-OH is 1. The Balaban J connectivity index is 1.51. The Morgan fingerprint density at radius 1 is 1.15 bits per heavy atom. The molecule has 0 bridgehead atoms. The molecule has 1 aromatic heterocycles. The SMILES string of the molecule is Cc1nccc(-c2ccc([C@H](C)N3CCC(CCCO)(c4ccc(F)cc4)OC3=O)cc2)n1. The third kappa shape index (κ3) is 4.88. The Bertz CT molecular complexity index is 1100. The molecule has 4 rings (SSSR count). The van der Waals surface area contributed by atoms with Crippen LogP contribution in [0.25, 0.3) is 11.3 Å². The predicted molar refractivity (Wildman–Crippen MR) is 123 cm³/mol. The Hall–Kier alpha value is -3.32. The molecule has 2 aromatic carbocycles. The lowest BCUT2D eigenvalue weighted by Gasteiger charge is -2.43. The molecule has 0 aliphatic carbocycles. The molecule has 0 spiro atoms. The summed E-state index contributed by atoms with van der Waals surface area (Å²) < 4.78 is 19.5. The number of carbonyl (C=O) groups is 1. The van der Waals surface area contributed by atoms with Crippen molar-refractivity contribution in [2.75, 3.05) is 13.2 Å². The molecule has 7 heteroatoms. The van der Waals surface area contributed by atoms with Crippen molar-refractivity contribution in [3.05, 3.63) is 83.6 Å². The Kier molecular flexibility index (Phi) is 6.70. The first-order valence-electron chi connectivity index (χ1n) is 11.2. The lowest BCUT2D eigenvalue weighted by Crippen LogP contribution is -2.48. The van der Waals surface area contributed by atoms with Crippen LogP contribution < -0.4 is 0 Å². The number of benzene rings is 2. The standard InChI is InChI=1S/C26H28FN3O3/c1-18(20-4-6-21(7-5-20)24-12-15-28-19(2)29-24)30-16-14-26(13-3-17-31,33-25(30)32)22-8-10-23(27)11-9-22/h4-12,15,18,31H,3,13-14,16-17H2,1-2H3/t18-,26?/m0/s1. The number of amides is 1. The molecule has 1 unspecified atom stereocenters. The molecule has 6 nitrogen and oxygen atoms in total. The monoisotopic (exact) mass is 449 g/mol. The number of halogens is 1. The molecular formula is C26H28FN3O3. The van der Waals surface area contributed by atoms with Crippen molar-refractivity contribution in [3.8, 4) is 11.3 Å². The van der Waals surface area contributed by atoms with Crippen LogP contribution in [0.3, 0.4) is 0 Å². The summed E-state index contributed by atoms with van der Waals surface area (Å²) in [6.07, 6.45) is 2.86. The van der Waals surface area contributed by atoms with Gasteiger partial charge in [0.2, 0.25) is 0 Å². The maximum absolute atomic E-state index is 13.5. The fraction of sp³-hybridized carbons (Fsp3) is 0.346. The van der Waals surface area contributed by atoms with Crippen LogP contribution in [0.2, 0.25) is 0 Å². The summed E-state index contributed by atoms with van der Waals surface area (Å²) in [5.74, 6) is 0.376. The summed E-state index contributed by atoms with van der Waals surface area (Å²) in [4.78, 5) is 23.4.